The second kappa shape index (κ2) is 7.94. The first kappa shape index (κ1) is 20.5. The number of hydrogen-bond donors (Lipinski definition) is 1. The Morgan fingerprint density at radius 3 is 2.78 bits per heavy atom. The minimum absolute atomic E-state index is 0.170. The van der Waals surface area contributed by atoms with Crippen LogP contribution in [0, 0.1) is 6.92 Å². The second-order valence-corrected chi connectivity index (χ2v) is 9.40. The highest BCUT2D eigenvalue weighted by molar-refractivity contribution is 7.09. The number of aromatic nitrogens is 3. The Hall–Kier alpha value is -3.39. The fourth-order valence-electron chi connectivity index (χ4n) is 3.88. The van der Waals surface area contributed by atoms with Crippen molar-refractivity contribution in [3.05, 3.63) is 69.7 Å². The molecule has 0 aliphatic carbocycles. The molecule has 0 unspecified atom stereocenters. The lowest BCUT2D eigenvalue weighted by atomic mass is 9.93. The van der Waals surface area contributed by atoms with Crippen molar-refractivity contribution >= 4 is 28.3 Å². The fraction of sp³-hybridized carbons (Fsp3) is 0.292. The van der Waals surface area contributed by atoms with Gasteiger partial charge in [-0.05, 0) is 56.0 Å². The van der Waals surface area contributed by atoms with Crippen molar-refractivity contribution in [3.8, 4) is 11.5 Å². The summed E-state index contributed by atoms with van der Waals surface area (Å²) in [5, 5.41) is 10.5. The predicted molar refractivity (Wildman–Crippen MR) is 124 cm³/mol. The van der Waals surface area contributed by atoms with E-state index in [9.17, 15) is 4.79 Å². The normalized spacial score (nSPS) is 13.3. The first-order chi connectivity index (χ1) is 15.4. The lowest BCUT2D eigenvalue weighted by Crippen LogP contribution is -2.41. The molecule has 1 aliphatic heterocycles. The van der Waals surface area contributed by atoms with Crippen molar-refractivity contribution in [2.24, 2.45) is 0 Å². The summed E-state index contributed by atoms with van der Waals surface area (Å²) in [6.07, 6.45) is 1.72. The number of thiophene rings is 1. The van der Waals surface area contributed by atoms with E-state index in [0.29, 0.717) is 36.7 Å². The maximum atomic E-state index is 13.4. The van der Waals surface area contributed by atoms with Crippen molar-refractivity contribution in [2.75, 3.05) is 13.2 Å². The van der Waals surface area contributed by atoms with Gasteiger partial charge in [-0.1, -0.05) is 12.1 Å². The molecule has 1 N–H and O–H groups in total. The van der Waals surface area contributed by atoms with Gasteiger partial charge in [-0.3, -0.25) is 4.79 Å². The molecule has 0 bridgehead atoms. The number of ether oxygens (including phenoxy) is 2. The molecule has 1 amide bonds. The summed E-state index contributed by atoms with van der Waals surface area (Å²) >= 11 is 1.67. The van der Waals surface area contributed by atoms with E-state index in [1.54, 1.807) is 17.5 Å². The highest BCUT2D eigenvalue weighted by Gasteiger charge is 2.27. The molecule has 0 atom stereocenters. The van der Waals surface area contributed by atoms with Gasteiger partial charge in [0.1, 0.15) is 13.2 Å². The van der Waals surface area contributed by atoms with Gasteiger partial charge in [0.25, 0.3) is 5.91 Å². The van der Waals surface area contributed by atoms with E-state index in [1.165, 1.54) is 4.88 Å². The number of fused-ring (bicyclic) bond motifs is 2. The SMILES string of the molecule is Cc1cc(C(=O)NC(C)(C)c2ccc3c(c2)OCCO3)c2cnn(Cc3cccs3)c2n1. The highest BCUT2D eigenvalue weighted by Crippen LogP contribution is 2.34. The van der Waals surface area contributed by atoms with Crippen LogP contribution < -0.4 is 14.8 Å². The molecule has 5 rings (SSSR count). The molecule has 4 heterocycles. The van der Waals surface area contributed by atoms with Crippen LogP contribution in [0.1, 0.15) is 40.3 Å². The molecule has 0 saturated heterocycles. The Morgan fingerprint density at radius 1 is 1.19 bits per heavy atom. The van der Waals surface area contributed by atoms with Gasteiger partial charge in [0.2, 0.25) is 0 Å². The Morgan fingerprint density at radius 2 is 2.00 bits per heavy atom. The first-order valence-corrected chi connectivity index (χ1v) is 11.4. The fourth-order valence-corrected chi connectivity index (χ4v) is 4.57. The van der Waals surface area contributed by atoms with Gasteiger partial charge in [0, 0.05) is 10.6 Å². The number of amides is 1. The minimum atomic E-state index is -0.622. The average molecular weight is 449 g/mol. The number of benzene rings is 1. The van der Waals surface area contributed by atoms with Crippen molar-refractivity contribution in [3.63, 3.8) is 0 Å². The molecule has 4 aromatic rings. The molecule has 1 aromatic carbocycles. The van der Waals surface area contributed by atoms with Crippen molar-refractivity contribution < 1.29 is 14.3 Å². The van der Waals surface area contributed by atoms with Crippen LogP contribution in [0.25, 0.3) is 11.0 Å². The molecule has 1 aliphatic rings. The van der Waals surface area contributed by atoms with E-state index < -0.39 is 5.54 Å². The maximum absolute atomic E-state index is 13.4. The Labute approximate surface area is 190 Å². The monoisotopic (exact) mass is 448 g/mol. The number of rotatable bonds is 5. The number of pyridine rings is 1. The Kier molecular flexibility index (Phi) is 5.09. The average Bonchev–Trinajstić information content (AvgIpc) is 3.43. The van der Waals surface area contributed by atoms with Crippen LogP contribution in [-0.4, -0.2) is 33.9 Å². The molecule has 32 heavy (non-hydrogen) atoms. The molecule has 3 aromatic heterocycles. The van der Waals surface area contributed by atoms with E-state index in [0.717, 1.165) is 22.4 Å². The van der Waals surface area contributed by atoms with E-state index >= 15 is 0 Å². The molecule has 0 fully saturated rings. The molecule has 0 spiro atoms. The van der Waals surface area contributed by atoms with Crippen LogP contribution >= 0.6 is 11.3 Å². The first-order valence-electron chi connectivity index (χ1n) is 10.5. The summed E-state index contributed by atoms with van der Waals surface area (Å²) in [5.41, 5.74) is 2.36. The van der Waals surface area contributed by atoms with Crippen LogP contribution in [-0.2, 0) is 12.1 Å². The summed E-state index contributed by atoms with van der Waals surface area (Å²) in [4.78, 5) is 19.2. The van der Waals surface area contributed by atoms with E-state index in [-0.39, 0.29) is 5.91 Å². The van der Waals surface area contributed by atoms with Gasteiger partial charge in [0.15, 0.2) is 17.1 Å². The van der Waals surface area contributed by atoms with Crippen LogP contribution in [0.4, 0.5) is 0 Å². The molecule has 164 valence electrons. The third kappa shape index (κ3) is 3.82. The third-order valence-corrected chi connectivity index (χ3v) is 6.42. The zero-order chi connectivity index (χ0) is 22.3. The van der Waals surface area contributed by atoms with Gasteiger partial charge < -0.3 is 14.8 Å². The van der Waals surface area contributed by atoms with Crippen molar-refractivity contribution in [2.45, 2.75) is 32.9 Å². The number of carbonyl (C=O) groups excluding carboxylic acids is 1. The summed E-state index contributed by atoms with van der Waals surface area (Å²) < 4.78 is 13.2. The van der Waals surface area contributed by atoms with Crippen LogP contribution in [0.3, 0.4) is 0 Å². The highest BCUT2D eigenvalue weighted by atomic mass is 32.1. The molecular weight excluding hydrogens is 424 g/mol. The van der Waals surface area contributed by atoms with Gasteiger partial charge in [-0.15, -0.1) is 11.3 Å². The summed E-state index contributed by atoms with van der Waals surface area (Å²) in [6, 6.07) is 11.7. The lowest BCUT2D eigenvalue weighted by molar-refractivity contribution is 0.0913. The van der Waals surface area contributed by atoms with Gasteiger partial charge >= 0.3 is 0 Å². The molecule has 0 radical (unpaired) electrons. The number of carbonyl (C=O) groups is 1. The van der Waals surface area contributed by atoms with Crippen molar-refractivity contribution in [1.29, 1.82) is 0 Å². The minimum Gasteiger partial charge on any atom is -0.486 e. The standard InChI is InChI=1S/C24H24N4O3S/c1-15-11-18(19-13-25-28(22(19)26-15)14-17-5-4-10-32-17)23(29)27-24(2,3)16-6-7-20-21(12-16)31-9-8-30-20/h4-7,10-13H,8-9,14H2,1-3H3,(H,27,29). The number of aryl methyl sites for hydroxylation is 1. The summed E-state index contributed by atoms with van der Waals surface area (Å²) in [7, 11) is 0. The van der Waals surface area contributed by atoms with Crippen LogP contribution in [0.2, 0.25) is 0 Å². The van der Waals surface area contributed by atoms with Gasteiger partial charge in [0.05, 0.1) is 29.2 Å². The molecule has 8 heteroatoms. The lowest BCUT2D eigenvalue weighted by Gasteiger charge is -2.29. The summed E-state index contributed by atoms with van der Waals surface area (Å²) in [5.74, 6) is 1.26. The molecule has 7 nitrogen and oxygen atoms in total. The molecule has 0 saturated carbocycles. The topological polar surface area (TPSA) is 78.3 Å². The number of nitrogens with zero attached hydrogens (tertiary/aromatic N) is 3. The second-order valence-electron chi connectivity index (χ2n) is 8.37. The zero-order valence-electron chi connectivity index (χ0n) is 18.2. The van der Waals surface area contributed by atoms with E-state index in [1.807, 2.05) is 61.2 Å². The van der Waals surface area contributed by atoms with Crippen LogP contribution in [0.15, 0.2) is 48.0 Å². The summed E-state index contributed by atoms with van der Waals surface area (Å²) in [6.45, 7) is 7.53. The number of hydrogen-bond acceptors (Lipinski definition) is 6. The van der Waals surface area contributed by atoms with E-state index in [2.05, 4.69) is 21.5 Å². The Bertz CT molecular complexity index is 1290. The number of nitrogens with one attached hydrogen (secondary N) is 1. The van der Waals surface area contributed by atoms with Crippen LogP contribution in [0.5, 0.6) is 11.5 Å². The molecular formula is C24H24N4O3S. The van der Waals surface area contributed by atoms with Crippen molar-refractivity contribution in [1.82, 2.24) is 20.1 Å². The smallest absolute Gasteiger partial charge is 0.252 e. The zero-order valence-corrected chi connectivity index (χ0v) is 19.0. The predicted octanol–water partition coefficient (Wildman–Crippen LogP) is 4.29. The quantitative estimate of drug-likeness (QED) is 0.493. The third-order valence-electron chi connectivity index (χ3n) is 5.56. The van der Waals surface area contributed by atoms with Gasteiger partial charge in [-0.25, -0.2) is 9.67 Å². The van der Waals surface area contributed by atoms with Gasteiger partial charge in [-0.2, -0.15) is 5.10 Å². The van der Waals surface area contributed by atoms with E-state index in [4.69, 9.17) is 9.47 Å². The largest absolute Gasteiger partial charge is 0.486 e. The Balaban J connectivity index is 1.45. The maximum Gasteiger partial charge on any atom is 0.252 e.